The van der Waals surface area contributed by atoms with E-state index in [-0.39, 0.29) is 15.8 Å². The second-order valence-electron chi connectivity index (χ2n) is 3.93. The lowest BCUT2D eigenvalue weighted by atomic mass is 10.1. The highest BCUT2D eigenvalue weighted by molar-refractivity contribution is 9.10. The average molecular weight is 301 g/mol. The zero-order valence-electron chi connectivity index (χ0n) is 9.25. The van der Waals surface area contributed by atoms with Crippen LogP contribution in [0.3, 0.4) is 0 Å². The molecule has 1 N–H and O–H groups in total. The van der Waals surface area contributed by atoms with Crippen LogP contribution in [0, 0.1) is 28.3 Å². The van der Waals surface area contributed by atoms with Gasteiger partial charge in [-0.2, -0.15) is 0 Å². The number of nitrogens with zero attached hydrogens (tertiary/aromatic N) is 1. The van der Waals surface area contributed by atoms with Crippen molar-refractivity contribution in [1.29, 1.82) is 0 Å². The van der Waals surface area contributed by atoms with Gasteiger partial charge in [-0.1, -0.05) is 5.92 Å². The largest absolute Gasteiger partial charge is 0.364 e. The highest BCUT2D eigenvalue weighted by atomic mass is 79.9. The van der Waals surface area contributed by atoms with Gasteiger partial charge in [-0.3, -0.25) is 10.1 Å². The van der Waals surface area contributed by atoms with Crippen molar-refractivity contribution in [3.05, 3.63) is 32.5 Å². The van der Waals surface area contributed by atoms with Crippen molar-refractivity contribution >= 4 is 27.3 Å². The predicted molar refractivity (Wildman–Crippen MR) is 67.3 cm³/mol. The summed E-state index contributed by atoms with van der Waals surface area (Å²) in [5.74, 6) is 1.83. The number of hydrogen-bond acceptors (Lipinski definition) is 3. The minimum Gasteiger partial charge on any atom is -0.364 e. The number of nitro benzene ring substituents is 1. The van der Waals surface area contributed by atoms with Crippen molar-refractivity contribution in [3.8, 4) is 12.3 Å². The van der Waals surface area contributed by atoms with E-state index in [1.54, 1.807) is 13.8 Å². The molecule has 1 rings (SSSR count). The topological polar surface area (TPSA) is 55.2 Å². The van der Waals surface area contributed by atoms with Gasteiger partial charge in [0, 0.05) is 12.1 Å². The Bertz CT molecular complexity index is 509. The van der Waals surface area contributed by atoms with E-state index in [9.17, 15) is 14.5 Å². The summed E-state index contributed by atoms with van der Waals surface area (Å²) in [6.07, 6.45) is 5.26. The number of rotatable bonds is 3. The van der Waals surface area contributed by atoms with Gasteiger partial charge in [-0.15, -0.1) is 6.42 Å². The van der Waals surface area contributed by atoms with Crippen molar-refractivity contribution in [1.82, 2.24) is 0 Å². The fourth-order valence-corrected chi connectivity index (χ4v) is 1.49. The summed E-state index contributed by atoms with van der Waals surface area (Å²) in [6, 6.07) is 2.14. The van der Waals surface area contributed by atoms with Crippen molar-refractivity contribution in [2.45, 2.75) is 19.4 Å². The maximum atomic E-state index is 13.3. The van der Waals surface area contributed by atoms with Gasteiger partial charge in [-0.05, 0) is 29.8 Å². The van der Waals surface area contributed by atoms with Crippen LogP contribution in [0.25, 0.3) is 0 Å². The lowest BCUT2D eigenvalue weighted by Crippen LogP contribution is -2.28. The van der Waals surface area contributed by atoms with Gasteiger partial charge in [0.15, 0.2) is 0 Å². The lowest BCUT2D eigenvalue weighted by molar-refractivity contribution is -0.384. The quantitative estimate of drug-likeness (QED) is 0.529. The van der Waals surface area contributed by atoms with E-state index in [2.05, 4.69) is 27.2 Å². The molecule has 0 saturated heterocycles. The van der Waals surface area contributed by atoms with E-state index < -0.39 is 16.3 Å². The van der Waals surface area contributed by atoms with Gasteiger partial charge in [0.1, 0.15) is 11.5 Å². The van der Waals surface area contributed by atoms with E-state index in [1.165, 1.54) is 0 Å². The third-order valence-corrected chi connectivity index (χ3v) is 2.65. The molecule has 6 heteroatoms. The number of nitrogens with one attached hydrogen (secondary N) is 1. The third-order valence-electron chi connectivity index (χ3n) is 2.04. The summed E-state index contributed by atoms with van der Waals surface area (Å²) >= 11 is 2.90. The predicted octanol–water partition coefficient (Wildman–Crippen LogP) is 3.32. The summed E-state index contributed by atoms with van der Waals surface area (Å²) in [5.41, 5.74) is -0.981. The Hall–Kier alpha value is -1.61. The van der Waals surface area contributed by atoms with Gasteiger partial charge in [-0.25, -0.2) is 4.39 Å². The molecular formula is C11H10BrFN2O2. The first-order chi connectivity index (χ1) is 7.76. The highest BCUT2D eigenvalue weighted by Crippen LogP contribution is 2.32. The molecule has 0 fully saturated rings. The summed E-state index contributed by atoms with van der Waals surface area (Å²) in [4.78, 5) is 10.2. The smallest absolute Gasteiger partial charge is 0.293 e. The molecule has 4 nitrogen and oxygen atoms in total. The molecule has 90 valence electrons. The van der Waals surface area contributed by atoms with E-state index in [1.807, 2.05) is 0 Å². The SMILES string of the molecule is C#CC(C)(C)Nc1cc(F)c(Br)cc1[N+](=O)[O-]. The molecule has 0 aromatic heterocycles. The molecular weight excluding hydrogens is 291 g/mol. The first-order valence-electron chi connectivity index (χ1n) is 4.66. The van der Waals surface area contributed by atoms with E-state index >= 15 is 0 Å². The van der Waals surface area contributed by atoms with Crippen LogP contribution in [-0.2, 0) is 0 Å². The zero-order valence-corrected chi connectivity index (χ0v) is 10.8. The first-order valence-corrected chi connectivity index (χ1v) is 5.45. The van der Waals surface area contributed by atoms with Crippen LogP contribution in [0.5, 0.6) is 0 Å². The van der Waals surface area contributed by atoms with Crippen LogP contribution >= 0.6 is 15.9 Å². The highest BCUT2D eigenvalue weighted by Gasteiger charge is 2.22. The van der Waals surface area contributed by atoms with Crippen molar-refractivity contribution < 1.29 is 9.31 Å². The lowest BCUT2D eigenvalue weighted by Gasteiger charge is -2.21. The summed E-state index contributed by atoms with van der Waals surface area (Å²) < 4.78 is 13.4. The molecule has 0 amide bonds. The molecule has 0 aliphatic heterocycles. The first kappa shape index (κ1) is 13.5. The van der Waals surface area contributed by atoms with Crippen LogP contribution in [-0.4, -0.2) is 10.5 Å². The Kier molecular flexibility index (Phi) is 3.73. The molecule has 0 bridgehead atoms. The van der Waals surface area contributed by atoms with Crippen molar-refractivity contribution in [2.75, 3.05) is 5.32 Å². The standard InChI is InChI=1S/C11H10BrFN2O2/c1-4-11(2,3)14-9-6-8(13)7(12)5-10(9)15(16)17/h1,5-6,14H,2-3H3. The Labute approximate surface area is 106 Å². The minimum atomic E-state index is -0.801. The Morgan fingerprint density at radius 1 is 1.59 bits per heavy atom. The van der Waals surface area contributed by atoms with Gasteiger partial charge >= 0.3 is 0 Å². The molecule has 0 radical (unpaired) electrons. The van der Waals surface area contributed by atoms with Crippen LogP contribution in [0.15, 0.2) is 16.6 Å². The summed E-state index contributed by atoms with van der Waals surface area (Å²) in [6.45, 7) is 3.33. The summed E-state index contributed by atoms with van der Waals surface area (Å²) in [5, 5.41) is 13.6. The molecule has 0 heterocycles. The number of benzene rings is 1. The fourth-order valence-electron chi connectivity index (χ4n) is 1.16. The Balaban J connectivity index is 3.28. The second-order valence-corrected chi connectivity index (χ2v) is 4.79. The molecule has 0 unspecified atom stereocenters. The number of halogens is 2. The van der Waals surface area contributed by atoms with Gasteiger partial charge in [0.05, 0.1) is 14.9 Å². The molecule has 0 atom stereocenters. The second kappa shape index (κ2) is 4.72. The molecule has 0 aliphatic rings. The number of hydrogen-bond donors (Lipinski definition) is 1. The van der Waals surface area contributed by atoms with Crippen molar-refractivity contribution in [3.63, 3.8) is 0 Å². The van der Waals surface area contributed by atoms with E-state index in [0.717, 1.165) is 12.1 Å². The Morgan fingerprint density at radius 2 is 2.18 bits per heavy atom. The summed E-state index contributed by atoms with van der Waals surface area (Å²) in [7, 11) is 0. The number of anilines is 1. The van der Waals surface area contributed by atoms with Crippen LogP contribution in [0.4, 0.5) is 15.8 Å². The zero-order chi connectivity index (χ0) is 13.2. The maximum Gasteiger partial charge on any atom is 0.293 e. The van der Waals surface area contributed by atoms with Gasteiger partial charge < -0.3 is 5.32 Å². The van der Waals surface area contributed by atoms with Crippen molar-refractivity contribution in [2.24, 2.45) is 0 Å². The average Bonchev–Trinajstić information content (AvgIpc) is 2.22. The minimum absolute atomic E-state index is 0.0354. The third kappa shape index (κ3) is 3.17. The van der Waals surface area contributed by atoms with Crippen LogP contribution in [0.1, 0.15) is 13.8 Å². The Morgan fingerprint density at radius 3 is 2.65 bits per heavy atom. The normalized spacial score (nSPS) is 10.8. The molecule has 17 heavy (non-hydrogen) atoms. The van der Waals surface area contributed by atoms with Gasteiger partial charge in [0.25, 0.3) is 5.69 Å². The molecule has 0 aliphatic carbocycles. The fraction of sp³-hybridized carbons (Fsp3) is 0.273. The molecule has 0 saturated carbocycles. The van der Waals surface area contributed by atoms with Crippen LogP contribution in [0.2, 0.25) is 0 Å². The molecule has 1 aromatic rings. The monoisotopic (exact) mass is 300 g/mol. The van der Waals surface area contributed by atoms with E-state index in [0.29, 0.717) is 0 Å². The van der Waals surface area contributed by atoms with Crippen LogP contribution < -0.4 is 5.32 Å². The van der Waals surface area contributed by atoms with E-state index in [4.69, 9.17) is 6.42 Å². The number of terminal acetylenes is 1. The number of nitro groups is 1. The molecule has 1 aromatic carbocycles. The maximum absolute atomic E-state index is 13.3. The molecule has 0 spiro atoms. The van der Waals surface area contributed by atoms with Gasteiger partial charge in [0.2, 0.25) is 0 Å².